The summed E-state index contributed by atoms with van der Waals surface area (Å²) >= 11 is 0. The molecule has 1 aliphatic heterocycles. The molecule has 1 fully saturated rings. The molecule has 1 saturated heterocycles. The molecule has 1 heterocycles. The van der Waals surface area contributed by atoms with Crippen LogP contribution in [0.2, 0.25) is 0 Å². The lowest BCUT2D eigenvalue weighted by molar-refractivity contribution is 0.0798. The van der Waals surface area contributed by atoms with Crippen LogP contribution in [0.25, 0.3) is 0 Å². The highest BCUT2D eigenvalue weighted by Crippen LogP contribution is 2.14. The smallest absolute Gasteiger partial charge is 0.0741 e. The topological polar surface area (TPSA) is 50.5 Å². The molecule has 1 aliphatic rings. The number of nitrogens with one attached hydrogen (secondary N) is 1. The van der Waals surface area contributed by atoms with E-state index < -0.39 is 0 Å². The average molecular weight is 229 g/mol. The van der Waals surface area contributed by atoms with Gasteiger partial charge in [-0.15, -0.1) is 0 Å². The molecule has 0 aromatic rings. The first-order valence-corrected chi connectivity index (χ1v) is 6.59. The molecule has 0 aliphatic carbocycles. The molecule has 2 atom stereocenters. The summed E-state index contributed by atoms with van der Waals surface area (Å²) in [5, 5.41) is 3.52. The van der Waals surface area contributed by atoms with Crippen molar-refractivity contribution in [1.29, 1.82) is 0 Å². The van der Waals surface area contributed by atoms with Crippen molar-refractivity contribution in [3.8, 4) is 0 Å². The minimum absolute atomic E-state index is 0.332. The molecule has 0 radical (unpaired) electrons. The maximum Gasteiger partial charge on any atom is 0.0741 e. The highest BCUT2D eigenvalue weighted by atomic mass is 16.5. The van der Waals surface area contributed by atoms with Crippen molar-refractivity contribution in [2.45, 2.75) is 38.8 Å². The van der Waals surface area contributed by atoms with Gasteiger partial charge >= 0.3 is 0 Å². The Morgan fingerprint density at radius 3 is 2.69 bits per heavy atom. The highest BCUT2D eigenvalue weighted by Gasteiger charge is 2.24. The fourth-order valence-corrected chi connectivity index (χ4v) is 2.23. The van der Waals surface area contributed by atoms with Crippen molar-refractivity contribution >= 4 is 0 Å². The predicted octanol–water partition coefficient (Wildman–Crippen LogP) is 0.424. The number of rotatable bonds is 8. The van der Waals surface area contributed by atoms with Crippen LogP contribution in [0.1, 0.15) is 26.7 Å². The summed E-state index contributed by atoms with van der Waals surface area (Å²) in [6, 6.07) is 0.332. The van der Waals surface area contributed by atoms with E-state index in [0.717, 1.165) is 39.2 Å². The largest absolute Gasteiger partial charge is 0.377 e. The Hall–Kier alpha value is -0.160. The molecule has 16 heavy (non-hydrogen) atoms. The van der Waals surface area contributed by atoms with E-state index in [2.05, 4.69) is 24.1 Å². The molecule has 0 spiro atoms. The lowest BCUT2D eigenvalue weighted by Crippen LogP contribution is -2.47. The lowest BCUT2D eigenvalue weighted by Gasteiger charge is -2.25. The quantitative estimate of drug-likeness (QED) is 0.633. The SMILES string of the molecule is CCN(CC)CCNC(CN)C1CCCO1. The van der Waals surface area contributed by atoms with Gasteiger partial charge in [0.25, 0.3) is 0 Å². The van der Waals surface area contributed by atoms with E-state index in [0.29, 0.717) is 18.7 Å². The molecule has 4 nitrogen and oxygen atoms in total. The van der Waals surface area contributed by atoms with Gasteiger partial charge in [-0.2, -0.15) is 0 Å². The summed E-state index contributed by atoms with van der Waals surface area (Å²) in [5.74, 6) is 0. The molecule has 4 heteroatoms. The van der Waals surface area contributed by atoms with Gasteiger partial charge in [0.2, 0.25) is 0 Å². The molecule has 3 N–H and O–H groups in total. The maximum absolute atomic E-state index is 5.78. The predicted molar refractivity (Wildman–Crippen MR) is 67.6 cm³/mol. The third-order valence-electron chi connectivity index (χ3n) is 3.40. The van der Waals surface area contributed by atoms with Gasteiger partial charge in [0.1, 0.15) is 0 Å². The van der Waals surface area contributed by atoms with Crippen LogP contribution in [0.5, 0.6) is 0 Å². The second kappa shape index (κ2) is 8.01. The van der Waals surface area contributed by atoms with E-state index in [1.807, 2.05) is 0 Å². The second-order valence-corrected chi connectivity index (χ2v) is 4.37. The Kier molecular flexibility index (Phi) is 6.96. The van der Waals surface area contributed by atoms with Crippen molar-refractivity contribution in [2.24, 2.45) is 5.73 Å². The average Bonchev–Trinajstić information content (AvgIpc) is 2.83. The van der Waals surface area contributed by atoms with Gasteiger partial charge in [0.05, 0.1) is 6.10 Å². The summed E-state index contributed by atoms with van der Waals surface area (Å²) in [6.07, 6.45) is 2.67. The van der Waals surface area contributed by atoms with Crippen LogP contribution in [0.4, 0.5) is 0 Å². The van der Waals surface area contributed by atoms with Crippen LogP contribution in [-0.2, 0) is 4.74 Å². The molecule has 0 amide bonds. The fraction of sp³-hybridized carbons (Fsp3) is 1.00. The van der Waals surface area contributed by atoms with Gasteiger partial charge in [-0.05, 0) is 25.9 Å². The van der Waals surface area contributed by atoms with Crippen LogP contribution in [0.3, 0.4) is 0 Å². The van der Waals surface area contributed by atoms with Gasteiger partial charge in [0, 0.05) is 32.3 Å². The molecule has 0 saturated carbocycles. The Morgan fingerprint density at radius 2 is 2.19 bits per heavy atom. The molecule has 0 aromatic carbocycles. The van der Waals surface area contributed by atoms with E-state index in [4.69, 9.17) is 10.5 Å². The van der Waals surface area contributed by atoms with Crippen LogP contribution in [0, 0.1) is 0 Å². The number of ether oxygens (including phenoxy) is 1. The Balaban J connectivity index is 2.17. The monoisotopic (exact) mass is 229 g/mol. The van der Waals surface area contributed by atoms with E-state index >= 15 is 0 Å². The molecule has 0 bridgehead atoms. The number of nitrogens with zero attached hydrogens (tertiary/aromatic N) is 1. The zero-order valence-electron chi connectivity index (χ0n) is 10.7. The first-order chi connectivity index (χ1) is 7.81. The van der Waals surface area contributed by atoms with Gasteiger partial charge in [-0.3, -0.25) is 0 Å². The van der Waals surface area contributed by atoms with Crippen molar-refractivity contribution in [3.63, 3.8) is 0 Å². The van der Waals surface area contributed by atoms with Gasteiger partial charge in [0.15, 0.2) is 0 Å². The minimum atomic E-state index is 0.332. The zero-order valence-corrected chi connectivity index (χ0v) is 10.7. The number of hydrogen-bond donors (Lipinski definition) is 2. The molecule has 2 unspecified atom stereocenters. The summed E-state index contributed by atoms with van der Waals surface area (Å²) in [7, 11) is 0. The van der Waals surface area contributed by atoms with E-state index in [1.165, 1.54) is 6.42 Å². The molecular formula is C12H27N3O. The summed E-state index contributed by atoms with van der Waals surface area (Å²) < 4.78 is 5.66. The van der Waals surface area contributed by atoms with Gasteiger partial charge in [-0.1, -0.05) is 13.8 Å². The highest BCUT2D eigenvalue weighted by molar-refractivity contribution is 4.81. The van der Waals surface area contributed by atoms with Gasteiger partial charge in [-0.25, -0.2) is 0 Å². The molecule has 96 valence electrons. The van der Waals surface area contributed by atoms with Crippen LogP contribution in [-0.4, -0.2) is 56.4 Å². The third kappa shape index (κ3) is 4.37. The summed E-state index contributed by atoms with van der Waals surface area (Å²) in [4.78, 5) is 2.41. The van der Waals surface area contributed by atoms with Crippen molar-refractivity contribution in [3.05, 3.63) is 0 Å². The number of likely N-dealkylation sites (N-methyl/N-ethyl adjacent to an activating group) is 1. The number of hydrogen-bond acceptors (Lipinski definition) is 4. The van der Waals surface area contributed by atoms with Gasteiger partial charge < -0.3 is 20.7 Å². The summed E-state index contributed by atoms with van der Waals surface area (Å²) in [6.45, 7) is 10.3. The van der Waals surface area contributed by atoms with E-state index in [9.17, 15) is 0 Å². The maximum atomic E-state index is 5.78. The zero-order chi connectivity index (χ0) is 11.8. The number of nitrogens with two attached hydrogens (primary N) is 1. The van der Waals surface area contributed by atoms with Crippen molar-refractivity contribution in [1.82, 2.24) is 10.2 Å². The first kappa shape index (κ1) is 13.9. The molecule has 1 rings (SSSR count). The fourth-order valence-electron chi connectivity index (χ4n) is 2.23. The first-order valence-electron chi connectivity index (χ1n) is 6.59. The van der Waals surface area contributed by atoms with Crippen LogP contribution < -0.4 is 11.1 Å². The minimum Gasteiger partial charge on any atom is -0.377 e. The molecule has 0 aromatic heterocycles. The lowest BCUT2D eigenvalue weighted by atomic mass is 10.1. The molecular weight excluding hydrogens is 202 g/mol. The van der Waals surface area contributed by atoms with Crippen molar-refractivity contribution < 1.29 is 4.74 Å². The standard InChI is InChI=1S/C12H27N3O/c1-3-15(4-2)8-7-14-11(10-13)12-6-5-9-16-12/h11-12,14H,3-10,13H2,1-2H3. The Morgan fingerprint density at radius 1 is 1.44 bits per heavy atom. The third-order valence-corrected chi connectivity index (χ3v) is 3.40. The second-order valence-electron chi connectivity index (χ2n) is 4.37. The normalized spacial score (nSPS) is 22.9. The van der Waals surface area contributed by atoms with Crippen molar-refractivity contribution in [2.75, 3.05) is 39.3 Å². The van der Waals surface area contributed by atoms with Crippen LogP contribution in [0.15, 0.2) is 0 Å². The van der Waals surface area contributed by atoms with E-state index in [1.54, 1.807) is 0 Å². The summed E-state index contributed by atoms with van der Waals surface area (Å²) in [5.41, 5.74) is 5.78. The van der Waals surface area contributed by atoms with E-state index in [-0.39, 0.29) is 0 Å². The van der Waals surface area contributed by atoms with Crippen LogP contribution >= 0.6 is 0 Å². The Labute approximate surface area is 99.5 Å². The Bertz CT molecular complexity index is 168.